The van der Waals surface area contributed by atoms with Crippen LogP contribution in [0.5, 0.6) is 0 Å². The van der Waals surface area contributed by atoms with Gasteiger partial charge in [-0.1, -0.05) is 20.4 Å². The van der Waals surface area contributed by atoms with Crippen LogP contribution in [0.2, 0.25) is 0 Å². The largest absolute Gasteiger partial charge is 0.459 e. The van der Waals surface area contributed by atoms with Crippen LogP contribution >= 0.6 is 0 Å². The third kappa shape index (κ3) is 3.08. The van der Waals surface area contributed by atoms with E-state index in [9.17, 15) is 9.90 Å². The average Bonchev–Trinajstić information content (AvgIpc) is 2.97. The molecule has 114 valence electrons. The second-order valence-electron chi connectivity index (χ2n) is 6.85. The van der Waals surface area contributed by atoms with E-state index in [0.717, 1.165) is 38.5 Å². The van der Waals surface area contributed by atoms with Crippen LogP contribution in [0.1, 0.15) is 59.3 Å². The van der Waals surface area contributed by atoms with Gasteiger partial charge in [0.2, 0.25) is 0 Å². The Balaban J connectivity index is 1.89. The van der Waals surface area contributed by atoms with Gasteiger partial charge in [0.25, 0.3) is 0 Å². The molecule has 20 heavy (non-hydrogen) atoms. The molecule has 0 saturated heterocycles. The Morgan fingerprint density at radius 1 is 1.25 bits per heavy atom. The highest BCUT2D eigenvalue weighted by atomic mass is 16.5. The van der Waals surface area contributed by atoms with Crippen LogP contribution in [0.4, 0.5) is 0 Å². The molecule has 2 aliphatic carbocycles. The highest BCUT2D eigenvalue weighted by molar-refractivity contribution is 5.87. The van der Waals surface area contributed by atoms with Crippen molar-refractivity contribution in [3.05, 3.63) is 12.2 Å². The molecule has 0 aliphatic heterocycles. The van der Waals surface area contributed by atoms with Gasteiger partial charge in [-0.2, -0.15) is 0 Å². The summed E-state index contributed by atoms with van der Waals surface area (Å²) in [4.78, 5) is 11.6. The van der Waals surface area contributed by atoms with Crippen LogP contribution in [0.3, 0.4) is 0 Å². The molecule has 3 heteroatoms. The molecule has 0 aromatic carbocycles. The lowest BCUT2D eigenvalue weighted by atomic mass is 9.77. The van der Waals surface area contributed by atoms with E-state index in [1.54, 1.807) is 6.92 Å². The van der Waals surface area contributed by atoms with Crippen molar-refractivity contribution in [2.24, 2.45) is 17.8 Å². The quantitative estimate of drug-likeness (QED) is 0.598. The van der Waals surface area contributed by atoms with E-state index in [-0.39, 0.29) is 12.1 Å². The Bertz CT molecular complexity index is 384. The number of hydrogen-bond acceptors (Lipinski definition) is 3. The number of fused-ring (bicyclic) bond motifs is 2. The van der Waals surface area contributed by atoms with E-state index >= 15 is 0 Å². The van der Waals surface area contributed by atoms with Gasteiger partial charge in [-0.15, -0.1) is 0 Å². The zero-order valence-electron chi connectivity index (χ0n) is 13.0. The van der Waals surface area contributed by atoms with Gasteiger partial charge in [0.15, 0.2) is 0 Å². The standard InChI is InChI=1S/C17H28O3/c1-5-17(19,6-2)10-14-8-13-7-12(14)9-15(13)20-16(18)11(3)4/h12-15,19H,3,5-10H2,1-2,4H3. The maximum atomic E-state index is 11.6. The molecule has 0 spiro atoms. The summed E-state index contributed by atoms with van der Waals surface area (Å²) < 4.78 is 5.54. The predicted octanol–water partition coefficient (Wildman–Crippen LogP) is 3.46. The molecule has 0 amide bonds. The maximum absolute atomic E-state index is 11.6. The first kappa shape index (κ1) is 15.6. The van der Waals surface area contributed by atoms with Crippen LogP contribution in [0, 0.1) is 17.8 Å². The van der Waals surface area contributed by atoms with E-state index < -0.39 is 5.60 Å². The number of aliphatic hydroxyl groups is 1. The number of esters is 1. The fourth-order valence-electron chi connectivity index (χ4n) is 4.00. The number of carbonyl (C=O) groups is 1. The van der Waals surface area contributed by atoms with Gasteiger partial charge in [0, 0.05) is 5.57 Å². The van der Waals surface area contributed by atoms with E-state index in [1.807, 2.05) is 0 Å². The highest BCUT2D eigenvalue weighted by Gasteiger charge is 2.49. The summed E-state index contributed by atoms with van der Waals surface area (Å²) in [7, 11) is 0. The number of ether oxygens (including phenoxy) is 1. The van der Waals surface area contributed by atoms with E-state index in [4.69, 9.17) is 4.74 Å². The Labute approximate surface area is 122 Å². The maximum Gasteiger partial charge on any atom is 0.333 e. The molecule has 1 N–H and O–H groups in total. The molecular weight excluding hydrogens is 252 g/mol. The molecule has 2 fully saturated rings. The van der Waals surface area contributed by atoms with Crippen molar-refractivity contribution in [2.45, 2.75) is 71.0 Å². The summed E-state index contributed by atoms with van der Waals surface area (Å²) in [6.45, 7) is 9.46. The first-order valence-corrected chi connectivity index (χ1v) is 7.97. The van der Waals surface area contributed by atoms with Crippen molar-refractivity contribution in [3.8, 4) is 0 Å². The lowest BCUT2D eigenvalue weighted by Gasteiger charge is -2.34. The van der Waals surface area contributed by atoms with Gasteiger partial charge in [-0.25, -0.2) is 4.79 Å². The lowest BCUT2D eigenvalue weighted by molar-refractivity contribution is -0.147. The molecular formula is C17H28O3. The summed E-state index contributed by atoms with van der Waals surface area (Å²) in [6.07, 6.45) is 5.86. The SMILES string of the molecule is C=C(C)C(=O)OC1CC2CC1CC2CC(O)(CC)CC. The molecule has 2 bridgehead atoms. The Hall–Kier alpha value is -0.830. The first-order chi connectivity index (χ1) is 9.38. The van der Waals surface area contributed by atoms with Gasteiger partial charge >= 0.3 is 5.97 Å². The molecule has 0 aromatic rings. The van der Waals surface area contributed by atoms with Crippen molar-refractivity contribution in [2.75, 3.05) is 0 Å². The number of rotatable bonds is 6. The minimum Gasteiger partial charge on any atom is -0.459 e. The first-order valence-electron chi connectivity index (χ1n) is 7.97. The van der Waals surface area contributed by atoms with Gasteiger partial charge in [-0.3, -0.25) is 0 Å². The Kier molecular flexibility index (Phi) is 4.58. The lowest BCUT2D eigenvalue weighted by Crippen LogP contribution is -2.34. The zero-order chi connectivity index (χ0) is 14.9. The van der Waals surface area contributed by atoms with E-state index in [2.05, 4.69) is 20.4 Å². The van der Waals surface area contributed by atoms with Gasteiger partial charge in [0.05, 0.1) is 5.60 Å². The molecule has 2 aliphatic rings. The van der Waals surface area contributed by atoms with Crippen LogP contribution in [0.15, 0.2) is 12.2 Å². The monoisotopic (exact) mass is 280 g/mol. The predicted molar refractivity (Wildman–Crippen MR) is 79.2 cm³/mol. The Morgan fingerprint density at radius 2 is 1.90 bits per heavy atom. The van der Waals surface area contributed by atoms with Gasteiger partial charge in [-0.05, 0) is 63.2 Å². The summed E-state index contributed by atoms with van der Waals surface area (Å²) in [5.74, 6) is 1.46. The van der Waals surface area contributed by atoms with Crippen LogP contribution in [0.25, 0.3) is 0 Å². The van der Waals surface area contributed by atoms with Crippen LogP contribution in [-0.2, 0) is 9.53 Å². The second kappa shape index (κ2) is 5.88. The molecule has 2 saturated carbocycles. The Morgan fingerprint density at radius 3 is 2.35 bits per heavy atom. The molecule has 3 nitrogen and oxygen atoms in total. The van der Waals surface area contributed by atoms with Crippen LogP contribution in [-0.4, -0.2) is 22.8 Å². The third-order valence-corrected chi connectivity index (χ3v) is 5.50. The van der Waals surface area contributed by atoms with Crippen molar-refractivity contribution >= 4 is 5.97 Å². The van der Waals surface area contributed by atoms with E-state index in [0.29, 0.717) is 23.3 Å². The fourth-order valence-corrected chi connectivity index (χ4v) is 4.00. The highest BCUT2D eigenvalue weighted by Crippen LogP contribution is 2.52. The minimum absolute atomic E-state index is 0.0804. The molecule has 2 rings (SSSR count). The van der Waals surface area contributed by atoms with Gasteiger partial charge < -0.3 is 9.84 Å². The van der Waals surface area contributed by atoms with Crippen molar-refractivity contribution in [1.82, 2.24) is 0 Å². The zero-order valence-corrected chi connectivity index (χ0v) is 13.0. The summed E-state index contributed by atoms with van der Waals surface area (Å²) >= 11 is 0. The summed E-state index contributed by atoms with van der Waals surface area (Å²) in [6, 6.07) is 0. The second-order valence-corrected chi connectivity index (χ2v) is 6.85. The molecule has 4 unspecified atom stereocenters. The van der Waals surface area contributed by atoms with Crippen molar-refractivity contribution in [3.63, 3.8) is 0 Å². The average molecular weight is 280 g/mol. The van der Waals surface area contributed by atoms with Gasteiger partial charge in [0.1, 0.15) is 6.10 Å². The summed E-state index contributed by atoms with van der Waals surface area (Å²) in [5.41, 5.74) is -0.0189. The van der Waals surface area contributed by atoms with Crippen LogP contribution < -0.4 is 0 Å². The van der Waals surface area contributed by atoms with Crippen molar-refractivity contribution in [1.29, 1.82) is 0 Å². The molecule has 0 radical (unpaired) electrons. The third-order valence-electron chi connectivity index (χ3n) is 5.50. The topological polar surface area (TPSA) is 46.5 Å². The molecule has 4 atom stereocenters. The minimum atomic E-state index is -0.501. The van der Waals surface area contributed by atoms with E-state index in [1.165, 1.54) is 0 Å². The smallest absolute Gasteiger partial charge is 0.333 e. The normalized spacial score (nSPS) is 32.4. The number of carbonyl (C=O) groups excluding carboxylic acids is 1. The molecule has 0 heterocycles. The number of hydrogen-bond donors (Lipinski definition) is 1. The summed E-state index contributed by atoms with van der Waals surface area (Å²) in [5, 5.41) is 10.5. The van der Waals surface area contributed by atoms with Crippen molar-refractivity contribution < 1.29 is 14.6 Å². The fraction of sp³-hybridized carbons (Fsp3) is 0.824. The molecule has 0 aromatic heterocycles.